The molecule has 5 heteroatoms. The van der Waals surface area contributed by atoms with Crippen molar-refractivity contribution in [1.29, 1.82) is 0 Å². The van der Waals surface area contributed by atoms with Crippen LogP contribution in [-0.4, -0.2) is 47.0 Å². The number of carbonyl (C=O) groups excluding carboxylic acids is 1. The number of nitrogens with zero attached hydrogens (tertiary/aromatic N) is 4. The minimum atomic E-state index is 0.308. The van der Waals surface area contributed by atoms with E-state index in [0.29, 0.717) is 18.2 Å². The van der Waals surface area contributed by atoms with Crippen molar-refractivity contribution in [3.63, 3.8) is 0 Å². The minimum absolute atomic E-state index is 0.308. The number of unbranched alkanes of at least 4 members (excludes halogenated alkanes) is 2. The summed E-state index contributed by atoms with van der Waals surface area (Å²) in [5.41, 5.74) is 2.31. The first kappa shape index (κ1) is 18.7. The van der Waals surface area contributed by atoms with E-state index in [-0.39, 0.29) is 0 Å². The van der Waals surface area contributed by atoms with E-state index in [0.717, 1.165) is 62.8 Å². The van der Waals surface area contributed by atoms with E-state index in [1.165, 1.54) is 5.56 Å². The van der Waals surface area contributed by atoms with Crippen LogP contribution in [0.1, 0.15) is 69.5 Å². The Bertz CT molecular complexity index is 563. The number of aryl methyl sites for hydroxylation is 2. The first-order valence-corrected chi connectivity index (χ1v) is 9.31. The molecule has 0 N–H and O–H groups in total. The third kappa shape index (κ3) is 4.46. The van der Waals surface area contributed by atoms with E-state index in [9.17, 15) is 4.79 Å². The van der Waals surface area contributed by atoms with Gasteiger partial charge in [0.25, 0.3) is 0 Å². The molecule has 134 valence electrons. The lowest BCUT2D eigenvalue weighted by atomic mass is 10.0. The Hall–Kier alpha value is -1.65. The molecule has 2 heterocycles. The molecule has 24 heavy (non-hydrogen) atoms. The highest BCUT2D eigenvalue weighted by atomic mass is 16.2. The van der Waals surface area contributed by atoms with Gasteiger partial charge in [-0.1, -0.05) is 33.6 Å². The Morgan fingerprint density at radius 3 is 2.33 bits per heavy atom. The number of amides is 1. The van der Waals surface area contributed by atoms with Crippen LogP contribution in [0.2, 0.25) is 0 Å². The lowest BCUT2D eigenvalue weighted by molar-refractivity contribution is -0.131. The zero-order chi connectivity index (χ0) is 17.7. The first-order chi connectivity index (χ1) is 11.4. The first-order valence-electron chi connectivity index (χ1n) is 9.31. The van der Waals surface area contributed by atoms with Crippen molar-refractivity contribution >= 4 is 11.7 Å². The summed E-state index contributed by atoms with van der Waals surface area (Å²) < 4.78 is 0. The maximum Gasteiger partial charge on any atom is 0.222 e. The SMILES string of the molecule is CCCCCC(=O)N1CCN(c2nc(C)nc(C)c2C(C)C)CC1. The molecule has 1 saturated heterocycles. The highest BCUT2D eigenvalue weighted by Crippen LogP contribution is 2.28. The summed E-state index contributed by atoms with van der Waals surface area (Å²) in [4.78, 5) is 25.9. The number of piperazine rings is 1. The molecule has 2 rings (SSSR count). The second-order valence-electron chi connectivity index (χ2n) is 7.07. The second kappa shape index (κ2) is 8.45. The number of hydrogen-bond donors (Lipinski definition) is 0. The normalized spacial score (nSPS) is 15.2. The van der Waals surface area contributed by atoms with Gasteiger partial charge in [-0.25, -0.2) is 9.97 Å². The zero-order valence-corrected chi connectivity index (χ0v) is 15.9. The molecule has 1 aliphatic rings. The molecule has 0 saturated carbocycles. The Kier molecular flexibility index (Phi) is 6.58. The largest absolute Gasteiger partial charge is 0.353 e. The van der Waals surface area contributed by atoms with Gasteiger partial charge < -0.3 is 9.80 Å². The van der Waals surface area contributed by atoms with Crippen LogP contribution in [0.3, 0.4) is 0 Å². The smallest absolute Gasteiger partial charge is 0.222 e. The Morgan fingerprint density at radius 1 is 1.08 bits per heavy atom. The van der Waals surface area contributed by atoms with Crippen molar-refractivity contribution < 1.29 is 4.79 Å². The van der Waals surface area contributed by atoms with E-state index in [4.69, 9.17) is 4.98 Å². The molecular formula is C19H32N4O. The van der Waals surface area contributed by atoms with Crippen molar-refractivity contribution in [2.75, 3.05) is 31.1 Å². The molecule has 0 aromatic carbocycles. The molecule has 0 bridgehead atoms. The monoisotopic (exact) mass is 332 g/mol. The lowest BCUT2D eigenvalue weighted by Crippen LogP contribution is -2.49. The standard InChI is InChI=1S/C19H32N4O/c1-6-7-8-9-17(24)22-10-12-23(13-11-22)19-18(14(2)3)15(4)20-16(5)21-19/h14H,6-13H2,1-5H3. The van der Waals surface area contributed by atoms with Gasteiger partial charge in [-0.15, -0.1) is 0 Å². The molecule has 0 radical (unpaired) electrons. The zero-order valence-electron chi connectivity index (χ0n) is 15.9. The van der Waals surface area contributed by atoms with E-state index in [1.807, 2.05) is 11.8 Å². The lowest BCUT2D eigenvalue weighted by Gasteiger charge is -2.37. The van der Waals surface area contributed by atoms with Gasteiger partial charge in [0, 0.05) is 43.9 Å². The fourth-order valence-electron chi connectivity index (χ4n) is 3.47. The number of rotatable bonds is 6. The van der Waals surface area contributed by atoms with Crippen LogP contribution in [0.5, 0.6) is 0 Å². The Labute approximate surface area is 146 Å². The summed E-state index contributed by atoms with van der Waals surface area (Å²) >= 11 is 0. The average Bonchev–Trinajstić information content (AvgIpc) is 2.54. The van der Waals surface area contributed by atoms with Crippen LogP contribution >= 0.6 is 0 Å². The van der Waals surface area contributed by atoms with Gasteiger partial charge in [-0.2, -0.15) is 0 Å². The molecule has 1 aliphatic heterocycles. The second-order valence-corrected chi connectivity index (χ2v) is 7.07. The predicted octanol–water partition coefficient (Wildman–Crippen LogP) is 3.45. The van der Waals surface area contributed by atoms with Gasteiger partial charge in [-0.3, -0.25) is 4.79 Å². The number of hydrogen-bond acceptors (Lipinski definition) is 4. The van der Waals surface area contributed by atoms with Crippen LogP contribution in [-0.2, 0) is 4.79 Å². The molecule has 0 spiro atoms. The minimum Gasteiger partial charge on any atom is -0.353 e. The topological polar surface area (TPSA) is 49.3 Å². The molecule has 1 aromatic rings. The van der Waals surface area contributed by atoms with E-state index >= 15 is 0 Å². The molecule has 5 nitrogen and oxygen atoms in total. The highest BCUT2D eigenvalue weighted by Gasteiger charge is 2.25. The fraction of sp³-hybridized carbons (Fsp3) is 0.737. The predicted molar refractivity (Wildman–Crippen MR) is 98.5 cm³/mol. The molecule has 1 amide bonds. The fourth-order valence-corrected chi connectivity index (χ4v) is 3.47. The summed E-state index contributed by atoms with van der Waals surface area (Å²) in [7, 11) is 0. The van der Waals surface area contributed by atoms with Crippen LogP contribution < -0.4 is 4.90 Å². The van der Waals surface area contributed by atoms with Gasteiger partial charge >= 0.3 is 0 Å². The number of carbonyl (C=O) groups is 1. The third-order valence-corrected chi connectivity index (χ3v) is 4.73. The quantitative estimate of drug-likeness (QED) is 0.749. The van der Waals surface area contributed by atoms with Crippen LogP contribution in [0.25, 0.3) is 0 Å². The van der Waals surface area contributed by atoms with Crippen molar-refractivity contribution in [3.05, 3.63) is 17.1 Å². The van der Waals surface area contributed by atoms with Crippen molar-refractivity contribution in [2.24, 2.45) is 0 Å². The Balaban J connectivity index is 2.03. The van der Waals surface area contributed by atoms with Crippen LogP contribution in [0, 0.1) is 13.8 Å². The van der Waals surface area contributed by atoms with E-state index < -0.39 is 0 Å². The molecule has 1 aromatic heterocycles. The van der Waals surface area contributed by atoms with Gasteiger partial charge in [0.15, 0.2) is 0 Å². The molecule has 1 fully saturated rings. The summed E-state index contributed by atoms with van der Waals surface area (Å²) in [5.74, 6) is 2.59. The van der Waals surface area contributed by atoms with E-state index in [2.05, 4.69) is 37.6 Å². The maximum absolute atomic E-state index is 12.3. The number of aromatic nitrogens is 2. The maximum atomic E-state index is 12.3. The summed E-state index contributed by atoms with van der Waals surface area (Å²) in [6.07, 6.45) is 4.00. The van der Waals surface area contributed by atoms with Gasteiger partial charge in [-0.05, 0) is 26.2 Å². The number of anilines is 1. The highest BCUT2D eigenvalue weighted by molar-refractivity contribution is 5.76. The summed E-state index contributed by atoms with van der Waals surface area (Å²) in [6.45, 7) is 13.9. The van der Waals surface area contributed by atoms with Crippen LogP contribution in [0.4, 0.5) is 5.82 Å². The van der Waals surface area contributed by atoms with Gasteiger partial charge in [0.2, 0.25) is 5.91 Å². The van der Waals surface area contributed by atoms with Crippen molar-refractivity contribution in [3.8, 4) is 0 Å². The molecule has 0 aliphatic carbocycles. The summed E-state index contributed by atoms with van der Waals surface area (Å²) in [6, 6.07) is 0. The van der Waals surface area contributed by atoms with Gasteiger partial charge in [0.05, 0.1) is 0 Å². The van der Waals surface area contributed by atoms with Gasteiger partial charge in [0.1, 0.15) is 11.6 Å². The molecule has 0 unspecified atom stereocenters. The Morgan fingerprint density at radius 2 is 1.75 bits per heavy atom. The van der Waals surface area contributed by atoms with Crippen LogP contribution in [0.15, 0.2) is 0 Å². The third-order valence-electron chi connectivity index (χ3n) is 4.73. The van der Waals surface area contributed by atoms with Crippen molar-refractivity contribution in [2.45, 2.75) is 66.2 Å². The van der Waals surface area contributed by atoms with E-state index in [1.54, 1.807) is 0 Å². The summed E-state index contributed by atoms with van der Waals surface area (Å²) in [5, 5.41) is 0. The van der Waals surface area contributed by atoms with Crippen molar-refractivity contribution in [1.82, 2.24) is 14.9 Å². The molecular weight excluding hydrogens is 300 g/mol. The average molecular weight is 332 g/mol. The molecule has 0 atom stereocenters.